The maximum atomic E-state index is 13.0. The number of carbonyl (C=O) groups is 1. The predicted octanol–water partition coefficient (Wildman–Crippen LogP) is 3.83. The Morgan fingerprint density at radius 1 is 1.18 bits per heavy atom. The monoisotopic (exact) mass is 393 g/mol. The third-order valence-corrected chi connectivity index (χ3v) is 4.15. The Labute approximate surface area is 157 Å². The van der Waals surface area contributed by atoms with Crippen molar-refractivity contribution in [2.75, 3.05) is 13.1 Å². The molecule has 1 fully saturated rings. The molecule has 5 nitrogen and oxygen atoms in total. The number of hydrogen-bond acceptors (Lipinski definition) is 4. The van der Waals surface area contributed by atoms with Crippen molar-refractivity contribution in [3.8, 4) is 5.75 Å². The van der Waals surface area contributed by atoms with Crippen LogP contribution in [0.4, 0.5) is 17.6 Å². The zero-order chi connectivity index (χ0) is 20.3. The van der Waals surface area contributed by atoms with E-state index >= 15 is 0 Å². The normalized spacial score (nSPS) is 15.1. The molecular formula is C19H15F4N3O2. The van der Waals surface area contributed by atoms with Gasteiger partial charge in [0.2, 0.25) is 0 Å². The van der Waals surface area contributed by atoms with Gasteiger partial charge in [-0.1, -0.05) is 17.8 Å². The minimum absolute atomic E-state index is 0.117. The molecule has 3 rings (SSSR count). The fourth-order valence-corrected chi connectivity index (χ4v) is 2.64. The molecule has 0 saturated carbocycles. The molecule has 0 aliphatic carbocycles. The van der Waals surface area contributed by atoms with Crippen LogP contribution in [0.15, 0.2) is 66.2 Å². The molecule has 0 radical (unpaired) electrons. The maximum absolute atomic E-state index is 13.0. The van der Waals surface area contributed by atoms with Gasteiger partial charge in [0.05, 0.1) is 11.3 Å². The van der Waals surface area contributed by atoms with E-state index in [0.717, 1.165) is 24.3 Å². The molecule has 2 aromatic rings. The Morgan fingerprint density at radius 2 is 1.86 bits per heavy atom. The molecule has 1 aliphatic heterocycles. The van der Waals surface area contributed by atoms with E-state index in [1.165, 1.54) is 4.90 Å². The second-order valence-electron chi connectivity index (χ2n) is 6.12. The molecule has 1 aromatic carbocycles. The number of rotatable bonds is 5. The molecule has 1 amide bonds. The number of halogens is 4. The van der Waals surface area contributed by atoms with Gasteiger partial charge in [-0.3, -0.25) is 9.78 Å². The first kappa shape index (κ1) is 19.5. The van der Waals surface area contributed by atoms with Crippen LogP contribution in [0.2, 0.25) is 0 Å². The Balaban J connectivity index is 1.77. The van der Waals surface area contributed by atoms with Crippen molar-refractivity contribution in [1.29, 1.82) is 0 Å². The number of aromatic nitrogens is 1. The lowest BCUT2D eigenvalue weighted by Crippen LogP contribution is -2.53. The van der Waals surface area contributed by atoms with Crippen LogP contribution < -0.4 is 4.84 Å². The van der Waals surface area contributed by atoms with Crippen LogP contribution in [-0.4, -0.2) is 34.6 Å². The Kier molecular flexibility index (Phi) is 5.43. The fourth-order valence-electron chi connectivity index (χ4n) is 2.64. The number of nitrogens with zero attached hydrogens (tertiary/aromatic N) is 3. The quantitative estimate of drug-likeness (QED) is 0.336. The number of hydrogen-bond donors (Lipinski definition) is 0. The molecule has 0 spiro atoms. The van der Waals surface area contributed by atoms with Crippen molar-refractivity contribution in [3.05, 3.63) is 72.3 Å². The second kappa shape index (κ2) is 7.79. The van der Waals surface area contributed by atoms with E-state index in [9.17, 15) is 22.4 Å². The highest BCUT2D eigenvalue weighted by Gasteiger charge is 2.36. The van der Waals surface area contributed by atoms with Gasteiger partial charge in [0.15, 0.2) is 11.6 Å². The van der Waals surface area contributed by atoms with Crippen LogP contribution in [-0.2, 0) is 11.0 Å². The fraction of sp³-hybridized carbons (Fsp3) is 0.211. The summed E-state index contributed by atoms with van der Waals surface area (Å²) >= 11 is 0. The lowest BCUT2D eigenvalue weighted by molar-refractivity contribution is -0.137. The SMILES string of the molecule is C=C(F)C(=O)N1CC(C(=NOc2ccc(C(F)(F)F)cc2)c2ccccn2)C1. The van der Waals surface area contributed by atoms with E-state index < -0.39 is 23.5 Å². The number of carbonyl (C=O) groups excluding carboxylic acids is 1. The van der Waals surface area contributed by atoms with Crippen molar-refractivity contribution >= 4 is 11.6 Å². The van der Waals surface area contributed by atoms with E-state index in [1.54, 1.807) is 24.4 Å². The molecule has 28 heavy (non-hydrogen) atoms. The summed E-state index contributed by atoms with van der Waals surface area (Å²) < 4.78 is 50.9. The maximum Gasteiger partial charge on any atom is 0.416 e. The van der Waals surface area contributed by atoms with Crippen LogP contribution in [0.1, 0.15) is 11.3 Å². The summed E-state index contributed by atoms with van der Waals surface area (Å²) in [7, 11) is 0. The highest BCUT2D eigenvalue weighted by Crippen LogP contribution is 2.30. The molecule has 2 heterocycles. The summed E-state index contributed by atoms with van der Waals surface area (Å²) in [6.45, 7) is 3.38. The highest BCUT2D eigenvalue weighted by molar-refractivity contribution is 6.02. The van der Waals surface area contributed by atoms with E-state index in [2.05, 4.69) is 16.7 Å². The van der Waals surface area contributed by atoms with E-state index in [1.807, 2.05) is 0 Å². The van der Waals surface area contributed by atoms with Gasteiger partial charge >= 0.3 is 6.18 Å². The van der Waals surface area contributed by atoms with Crippen LogP contribution >= 0.6 is 0 Å². The van der Waals surface area contributed by atoms with Gasteiger partial charge in [-0.15, -0.1) is 0 Å². The first-order chi connectivity index (χ1) is 13.3. The summed E-state index contributed by atoms with van der Waals surface area (Å²) in [5.74, 6) is -1.98. The third-order valence-electron chi connectivity index (χ3n) is 4.15. The van der Waals surface area contributed by atoms with Crippen LogP contribution in [0.25, 0.3) is 0 Å². The van der Waals surface area contributed by atoms with Gasteiger partial charge < -0.3 is 9.74 Å². The van der Waals surface area contributed by atoms with Crippen LogP contribution in [0, 0.1) is 5.92 Å². The number of alkyl halides is 3. The molecule has 9 heteroatoms. The number of benzene rings is 1. The third kappa shape index (κ3) is 4.36. The number of oxime groups is 1. The van der Waals surface area contributed by atoms with Crippen LogP contribution in [0.3, 0.4) is 0 Å². The van der Waals surface area contributed by atoms with Gasteiger partial charge in [-0.2, -0.15) is 13.2 Å². The molecule has 0 unspecified atom stereocenters. The average molecular weight is 393 g/mol. The van der Waals surface area contributed by atoms with Crippen molar-refractivity contribution in [3.63, 3.8) is 0 Å². The minimum atomic E-state index is -4.44. The van der Waals surface area contributed by atoms with E-state index in [4.69, 9.17) is 4.84 Å². The topological polar surface area (TPSA) is 54.8 Å². The Hall–Kier alpha value is -3.23. The van der Waals surface area contributed by atoms with Gasteiger partial charge in [-0.25, -0.2) is 4.39 Å². The van der Waals surface area contributed by atoms with Crippen molar-refractivity contribution in [2.24, 2.45) is 11.1 Å². The Bertz CT molecular complexity index is 890. The second-order valence-corrected chi connectivity index (χ2v) is 6.12. The molecule has 0 bridgehead atoms. The molecule has 146 valence electrons. The molecular weight excluding hydrogens is 378 g/mol. The van der Waals surface area contributed by atoms with Crippen LogP contribution in [0.5, 0.6) is 5.75 Å². The van der Waals surface area contributed by atoms with Crippen molar-refractivity contribution < 1.29 is 27.2 Å². The minimum Gasteiger partial charge on any atom is -0.357 e. The largest absolute Gasteiger partial charge is 0.416 e. The molecule has 1 saturated heterocycles. The summed E-state index contributed by atoms with van der Waals surface area (Å²) in [6, 6.07) is 9.23. The lowest BCUT2D eigenvalue weighted by Gasteiger charge is -2.38. The van der Waals surface area contributed by atoms with E-state index in [-0.39, 0.29) is 24.8 Å². The number of likely N-dealkylation sites (tertiary alicyclic amines) is 1. The standard InChI is InChI=1S/C19H15F4N3O2/c1-12(20)18(27)26-10-13(11-26)17(16-4-2-3-9-24-16)25-28-15-7-5-14(6-8-15)19(21,22)23/h2-9,13H,1,10-11H2. The summed E-state index contributed by atoms with van der Waals surface area (Å²) in [6.07, 6.45) is -2.89. The zero-order valence-corrected chi connectivity index (χ0v) is 14.5. The van der Waals surface area contributed by atoms with E-state index in [0.29, 0.717) is 11.4 Å². The number of amides is 1. The lowest BCUT2D eigenvalue weighted by atomic mass is 9.92. The van der Waals surface area contributed by atoms with Gasteiger partial charge in [-0.05, 0) is 36.4 Å². The molecule has 1 aromatic heterocycles. The molecule has 0 atom stereocenters. The zero-order valence-electron chi connectivity index (χ0n) is 14.5. The highest BCUT2D eigenvalue weighted by atomic mass is 19.4. The summed E-state index contributed by atoms with van der Waals surface area (Å²) in [4.78, 5) is 22.3. The van der Waals surface area contributed by atoms with Crippen molar-refractivity contribution in [1.82, 2.24) is 9.88 Å². The average Bonchev–Trinajstić information content (AvgIpc) is 2.63. The van der Waals surface area contributed by atoms with Crippen molar-refractivity contribution in [2.45, 2.75) is 6.18 Å². The predicted molar refractivity (Wildman–Crippen MR) is 93.2 cm³/mol. The van der Waals surface area contributed by atoms with Gasteiger partial charge in [0, 0.05) is 25.2 Å². The first-order valence-electron chi connectivity index (χ1n) is 8.23. The first-order valence-corrected chi connectivity index (χ1v) is 8.23. The van der Waals surface area contributed by atoms with Gasteiger partial charge in [0.1, 0.15) is 5.71 Å². The molecule has 0 N–H and O–H groups in total. The number of pyridine rings is 1. The van der Waals surface area contributed by atoms with Gasteiger partial charge in [0.25, 0.3) is 5.91 Å². The summed E-state index contributed by atoms with van der Waals surface area (Å²) in [5, 5.41) is 4.04. The molecule has 1 aliphatic rings. The smallest absolute Gasteiger partial charge is 0.357 e. The summed E-state index contributed by atoms with van der Waals surface area (Å²) in [5.41, 5.74) is 0.105. The Morgan fingerprint density at radius 3 is 2.39 bits per heavy atom.